The summed E-state index contributed by atoms with van der Waals surface area (Å²) in [4.78, 5) is 12.1. The number of phenolic OH excluding ortho intramolecular Hbond substituents is 1. The molecule has 19 heavy (non-hydrogen) atoms. The highest BCUT2D eigenvalue weighted by molar-refractivity contribution is 5.92. The summed E-state index contributed by atoms with van der Waals surface area (Å²) in [5.41, 5.74) is -0.258. The summed E-state index contributed by atoms with van der Waals surface area (Å²) in [5.74, 6) is -0.0924. The van der Waals surface area contributed by atoms with E-state index in [0.29, 0.717) is 5.92 Å². The number of benzene rings is 1. The van der Waals surface area contributed by atoms with Gasteiger partial charge in [0.15, 0.2) is 0 Å². The molecule has 4 heteroatoms. The Kier molecular flexibility index (Phi) is 4.10. The molecule has 0 atom stereocenters. The van der Waals surface area contributed by atoms with Crippen LogP contribution in [-0.4, -0.2) is 29.8 Å². The Balaban J connectivity index is 2.07. The SMILES string of the molecule is CC(C)(OC(=O)c1ccccc1O)C1CC[NH2+]CC1. The maximum Gasteiger partial charge on any atom is 0.342 e. The van der Waals surface area contributed by atoms with Gasteiger partial charge >= 0.3 is 5.97 Å². The Morgan fingerprint density at radius 3 is 2.58 bits per heavy atom. The molecule has 104 valence electrons. The molecule has 1 aliphatic heterocycles. The summed E-state index contributed by atoms with van der Waals surface area (Å²) in [6.07, 6.45) is 2.11. The molecule has 1 aromatic rings. The van der Waals surface area contributed by atoms with E-state index in [2.05, 4.69) is 5.32 Å². The Labute approximate surface area is 113 Å². The summed E-state index contributed by atoms with van der Waals surface area (Å²) in [7, 11) is 0. The van der Waals surface area contributed by atoms with Crippen LogP contribution in [0.5, 0.6) is 5.75 Å². The van der Waals surface area contributed by atoms with Gasteiger partial charge in [0.1, 0.15) is 16.9 Å². The Bertz CT molecular complexity index is 450. The van der Waals surface area contributed by atoms with E-state index in [9.17, 15) is 9.90 Å². The molecular weight excluding hydrogens is 242 g/mol. The molecule has 0 saturated carbocycles. The lowest BCUT2D eigenvalue weighted by Crippen LogP contribution is -2.86. The second-order valence-corrected chi connectivity index (χ2v) is 5.65. The van der Waals surface area contributed by atoms with Crippen molar-refractivity contribution in [3.63, 3.8) is 0 Å². The highest BCUT2D eigenvalue weighted by Gasteiger charge is 2.35. The van der Waals surface area contributed by atoms with Gasteiger partial charge in [-0.2, -0.15) is 0 Å². The molecule has 0 aliphatic carbocycles. The number of ether oxygens (including phenoxy) is 1. The highest BCUT2D eigenvalue weighted by atomic mass is 16.6. The predicted octanol–water partition coefficient (Wildman–Crippen LogP) is 1.30. The highest BCUT2D eigenvalue weighted by Crippen LogP contribution is 2.29. The molecule has 3 N–H and O–H groups in total. The van der Waals surface area contributed by atoms with Crippen molar-refractivity contribution in [2.75, 3.05) is 13.1 Å². The third-order valence-corrected chi connectivity index (χ3v) is 3.90. The van der Waals surface area contributed by atoms with Crippen LogP contribution >= 0.6 is 0 Å². The number of hydrogen-bond acceptors (Lipinski definition) is 3. The molecular formula is C15H22NO3+. The zero-order chi connectivity index (χ0) is 13.9. The molecule has 0 bridgehead atoms. The predicted molar refractivity (Wildman–Crippen MR) is 72.0 cm³/mol. The summed E-state index contributed by atoms with van der Waals surface area (Å²) in [6, 6.07) is 6.49. The first-order chi connectivity index (χ1) is 9.00. The number of phenols is 1. The van der Waals surface area contributed by atoms with Crippen molar-refractivity contribution in [3.05, 3.63) is 29.8 Å². The van der Waals surface area contributed by atoms with Crippen LogP contribution in [0, 0.1) is 5.92 Å². The van der Waals surface area contributed by atoms with Gasteiger partial charge in [-0.15, -0.1) is 0 Å². The molecule has 1 fully saturated rings. The number of esters is 1. The minimum Gasteiger partial charge on any atom is -0.507 e. The molecule has 0 radical (unpaired) electrons. The van der Waals surface area contributed by atoms with Gasteiger partial charge in [-0.1, -0.05) is 12.1 Å². The average Bonchev–Trinajstić information content (AvgIpc) is 2.39. The fourth-order valence-electron chi connectivity index (χ4n) is 2.65. The number of para-hydroxylation sites is 1. The number of carbonyl (C=O) groups excluding carboxylic acids is 1. The van der Waals surface area contributed by atoms with Gasteiger partial charge in [-0.05, 0) is 26.0 Å². The molecule has 4 nitrogen and oxygen atoms in total. The summed E-state index contributed by atoms with van der Waals surface area (Å²) in [6.45, 7) is 6.09. The van der Waals surface area contributed by atoms with Gasteiger partial charge < -0.3 is 15.2 Å². The maximum absolute atomic E-state index is 12.1. The van der Waals surface area contributed by atoms with Crippen molar-refractivity contribution in [2.45, 2.75) is 32.3 Å². The van der Waals surface area contributed by atoms with Gasteiger partial charge in [0, 0.05) is 18.8 Å². The van der Waals surface area contributed by atoms with Crippen molar-refractivity contribution in [3.8, 4) is 5.75 Å². The quantitative estimate of drug-likeness (QED) is 0.809. The lowest BCUT2D eigenvalue weighted by Gasteiger charge is -2.35. The number of nitrogens with two attached hydrogens (primary N) is 1. The minimum absolute atomic E-state index is 0.0275. The normalized spacial score (nSPS) is 17.2. The maximum atomic E-state index is 12.1. The Morgan fingerprint density at radius 2 is 1.95 bits per heavy atom. The van der Waals surface area contributed by atoms with Crippen molar-refractivity contribution >= 4 is 5.97 Å². The van der Waals surface area contributed by atoms with Crippen molar-refractivity contribution in [2.24, 2.45) is 5.92 Å². The molecule has 2 rings (SSSR count). The van der Waals surface area contributed by atoms with Crippen LogP contribution in [-0.2, 0) is 4.74 Å². The van der Waals surface area contributed by atoms with Crippen LogP contribution in [0.4, 0.5) is 0 Å². The van der Waals surface area contributed by atoms with Gasteiger partial charge in [0.25, 0.3) is 0 Å². The third-order valence-electron chi connectivity index (χ3n) is 3.90. The lowest BCUT2D eigenvalue weighted by molar-refractivity contribution is -0.665. The first-order valence-electron chi connectivity index (χ1n) is 6.83. The number of carbonyl (C=O) groups is 1. The zero-order valence-corrected chi connectivity index (χ0v) is 11.6. The molecule has 1 heterocycles. The molecule has 0 unspecified atom stereocenters. The van der Waals surface area contributed by atoms with Crippen molar-refractivity contribution in [1.29, 1.82) is 0 Å². The Morgan fingerprint density at radius 1 is 1.32 bits per heavy atom. The topological polar surface area (TPSA) is 63.1 Å². The molecule has 1 aromatic carbocycles. The van der Waals surface area contributed by atoms with Gasteiger partial charge in [-0.3, -0.25) is 0 Å². The fourth-order valence-corrected chi connectivity index (χ4v) is 2.65. The largest absolute Gasteiger partial charge is 0.507 e. The van der Waals surface area contributed by atoms with Crippen molar-refractivity contribution < 1.29 is 20.0 Å². The van der Waals surface area contributed by atoms with Crippen LogP contribution in [0.3, 0.4) is 0 Å². The third kappa shape index (κ3) is 3.26. The van der Waals surface area contributed by atoms with Crippen LogP contribution in [0.1, 0.15) is 37.0 Å². The van der Waals surface area contributed by atoms with E-state index in [1.54, 1.807) is 18.2 Å². The molecule has 1 aliphatic rings. The average molecular weight is 264 g/mol. The van der Waals surface area contributed by atoms with Gasteiger partial charge in [-0.25, -0.2) is 4.79 Å². The van der Waals surface area contributed by atoms with E-state index in [1.807, 2.05) is 13.8 Å². The van der Waals surface area contributed by atoms with Crippen LogP contribution in [0.2, 0.25) is 0 Å². The first-order valence-corrected chi connectivity index (χ1v) is 6.83. The monoisotopic (exact) mass is 264 g/mol. The number of hydrogen-bond donors (Lipinski definition) is 2. The van der Waals surface area contributed by atoms with Crippen LogP contribution < -0.4 is 5.32 Å². The van der Waals surface area contributed by atoms with Crippen LogP contribution in [0.25, 0.3) is 0 Å². The molecule has 1 saturated heterocycles. The first kappa shape index (κ1) is 13.9. The van der Waals surface area contributed by atoms with E-state index < -0.39 is 11.6 Å². The van der Waals surface area contributed by atoms with E-state index in [-0.39, 0.29) is 11.3 Å². The number of piperidine rings is 1. The van der Waals surface area contributed by atoms with Gasteiger partial charge in [0.2, 0.25) is 0 Å². The number of aromatic hydroxyl groups is 1. The van der Waals surface area contributed by atoms with Gasteiger partial charge in [0.05, 0.1) is 13.1 Å². The van der Waals surface area contributed by atoms with Crippen LogP contribution in [0.15, 0.2) is 24.3 Å². The summed E-state index contributed by atoms with van der Waals surface area (Å²) < 4.78 is 5.63. The smallest absolute Gasteiger partial charge is 0.342 e. The molecule has 0 spiro atoms. The Hall–Kier alpha value is -1.55. The molecule has 0 amide bonds. The number of quaternary nitrogens is 1. The van der Waals surface area contributed by atoms with E-state index in [4.69, 9.17) is 4.74 Å². The van der Waals surface area contributed by atoms with E-state index >= 15 is 0 Å². The second kappa shape index (κ2) is 5.61. The van der Waals surface area contributed by atoms with E-state index in [0.717, 1.165) is 25.9 Å². The lowest BCUT2D eigenvalue weighted by atomic mass is 9.83. The molecule has 0 aromatic heterocycles. The van der Waals surface area contributed by atoms with E-state index in [1.165, 1.54) is 6.07 Å². The second-order valence-electron chi connectivity index (χ2n) is 5.65. The fraction of sp³-hybridized carbons (Fsp3) is 0.533. The van der Waals surface area contributed by atoms with Crippen molar-refractivity contribution in [1.82, 2.24) is 0 Å². The minimum atomic E-state index is -0.492. The number of rotatable bonds is 3. The summed E-state index contributed by atoms with van der Waals surface area (Å²) >= 11 is 0. The zero-order valence-electron chi connectivity index (χ0n) is 11.6. The summed E-state index contributed by atoms with van der Waals surface area (Å²) in [5, 5.41) is 12.0. The standard InChI is InChI=1S/C15H21NO3/c1-15(2,11-7-9-16-10-8-11)19-14(18)12-5-3-4-6-13(12)17/h3-6,11,16-17H,7-10H2,1-2H3/p+1.